The molecule has 0 spiro atoms. The Hall–Kier alpha value is -0.930. The summed E-state index contributed by atoms with van der Waals surface area (Å²) in [5, 5.41) is 5.84. The summed E-state index contributed by atoms with van der Waals surface area (Å²) in [5.41, 5.74) is 5.22. The average molecular weight is 270 g/mol. The Morgan fingerprint density at radius 2 is 2.06 bits per heavy atom. The van der Waals surface area contributed by atoms with E-state index in [1.807, 2.05) is 0 Å². The maximum absolute atomic E-state index is 12.3. The lowest BCUT2D eigenvalue weighted by Gasteiger charge is -2.14. The zero-order valence-corrected chi connectivity index (χ0v) is 10.0. The van der Waals surface area contributed by atoms with E-state index in [-0.39, 0.29) is 5.13 Å². The summed E-state index contributed by atoms with van der Waals surface area (Å²) in [6, 6.07) is 0. The van der Waals surface area contributed by atoms with Crippen molar-refractivity contribution in [1.29, 1.82) is 0 Å². The molecule has 5 nitrogen and oxygen atoms in total. The molecule has 17 heavy (non-hydrogen) atoms. The third-order valence-corrected chi connectivity index (χ3v) is 2.90. The molecule has 1 aromatic heterocycles. The van der Waals surface area contributed by atoms with Crippen molar-refractivity contribution in [1.82, 2.24) is 10.2 Å². The first-order chi connectivity index (χ1) is 7.95. The molecule has 0 aliphatic rings. The van der Waals surface area contributed by atoms with Crippen LogP contribution >= 0.6 is 11.3 Å². The average Bonchev–Trinajstić information content (AvgIpc) is 2.72. The van der Waals surface area contributed by atoms with Crippen molar-refractivity contribution in [2.45, 2.75) is 6.18 Å². The first-order valence-electron chi connectivity index (χ1n) is 4.85. The van der Waals surface area contributed by atoms with Crippen LogP contribution in [0.5, 0.6) is 0 Å². The highest BCUT2D eigenvalue weighted by molar-refractivity contribution is 7.15. The molecule has 0 unspecified atom stereocenters. The van der Waals surface area contributed by atoms with Gasteiger partial charge in [-0.25, -0.2) is 0 Å². The quantitative estimate of drug-likeness (QED) is 0.780. The van der Waals surface area contributed by atoms with Gasteiger partial charge in [0.05, 0.1) is 13.2 Å². The largest absolute Gasteiger partial charge is 0.445 e. The van der Waals surface area contributed by atoms with Crippen LogP contribution in [0.25, 0.3) is 0 Å². The number of nitrogens with zero attached hydrogens (tertiary/aromatic N) is 3. The fourth-order valence-electron chi connectivity index (χ4n) is 0.967. The van der Waals surface area contributed by atoms with E-state index in [0.29, 0.717) is 37.6 Å². The molecule has 2 N–H and O–H groups in total. The summed E-state index contributed by atoms with van der Waals surface area (Å²) in [7, 11) is 1.63. The predicted molar refractivity (Wildman–Crippen MR) is 58.1 cm³/mol. The number of rotatable bonds is 6. The second-order valence-corrected chi connectivity index (χ2v) is 4.17. The van der Waals surface area contributed by atoms with Crippen LogP contribution in [0.4, 0.5) is 18.3 Å². The lowest BCUT2D eigenvalue weighted by molar-refractivity contribution is -0.138. The minimum atomic E-state index is -4.44. The Morgan fingerprint density at radius 1 is 1.35 bits per heavy atom. The fourth-order valence-corrected chi connectivity index (χ4v) is 1.67. The van der Waals surface area contributed by atoms with Crippen LogP contribution in [-0.4, -0.2) is 43.5 Å². The Bertz CT molecular complexity index is 344. The van der Waals surface area contributed by atoms with Gasteiger partial charge in [-0.2, -0.15) is 13.2 Å². The molecule has 0 atom stereocenters. The molecular weight excluding hydrogens is 257 g/mol. The van der Waals surface area contributed by atoms with Crippen LogP contribution in [0.15, 0.2) is 0 Å². The second kappa shape index (κ2) is 6.12. The fraction of sp³-hybridized carbons (Fsp3) is 0.750. The number of aromatic nitrogens is 2. The molecule has 0 aromatic carbocycles. The number of nitrogens with two attached hydrogens (primary N) is 1. The number of hydrogen-bond donors (Lipinski definition) is 1. The van der Waals surface area contributed by atoms with Gasteiger partial charge >= 0.3 is 6.18 Å². The van der Waals surface area contributed by atoms with Gasteiger partial charge in [-0.05, 0) is 0 Å². The molecule has 1 rings (SSSR count). The van der Waals surface area contributed by atoms with Crippen LogP contribution in [-0.2, 0) is 10.9 Å². The highest BCUT2D eigenvalue weighted by atomic mass is 32.1. The summed E-state index contributed by atoms with van der Waals surface area (Å²) in [6.07, 6.45) is -4.44. The molecule has 0 amide bonds. The number of hydrogen-bond acceptors (Lipinski definition) is 6. The summed E-state index contributed by atoms with van der Waals surface area (Å²) < 4.78 is 41.9. The molecular formula is C8H13F3N4OS. The summed E-state index contributed by atoms with van der Waals surface area (Å²) >= 11 is 0.510. The number of halogens is 3. The van der Waals surface area contributed by atoms with Crippen LogP contribution in [0.1, 0.15) is 5.01 Å². The van der Waals surface area contributed by atoms with Gasteiger partial charge in [-0.15, -0.1) is 10.2 Å². The number of ether oxygens (including phenoxy) is 1. The predicted octanol–water partition coefficient (Wildman–Crippen LogP) is 0.968. The monoisotopic (exact) mass is 270 g/mol. The topological polar surface area (TPSA) is 64.3 Å². The van der Waals surface area contributed by atoms with Gasteiger partial charge in [-0.3, -0.25) is 0 Å². The molecule has 0 radical (unpaired) electrons. The van der Waals surface area contributed by atoms with Crippen LogP contribution < -0.4 is 10.6 Å². The van der Waals surface area contributed by atoms with Crippen molar-refractivity contribution < 1.29 is 17.9 Å². The number of anilines is 1. The van der Waals surface area contributed by atoms with E-state index in [4.69, 9.17) is 10.5 Å². The zero-order chi connectivity index (χ0) is 12.9. The van der Waals surface area contributed by atoms with Crippen molar-refractivity contribution in [2.75, 3.05) is 38.3 Å². The number of alkyl halides is 3. The Labute approximate surface area is 100 Å². The highest BCUT2D eigenvalue weighted by Gasteiger charge is 2.35. The van der Waals surface area contributed by atoms with Gasteiger partial charge in [0.1, 0.15) is 0 Å². The second-order valence-electron chi connectivity index (χ2n) is 3.21. The molecule has 0 aliphatic heterocycles. The van der Waals surface area contributed by atoms with E-state index in [1.165, 1.54) is 0 Å². The maximum Gasteiger partial charge on any atom is 0.445 e. The highest BCUT2D eigenvalue weighted by Crippen LogP contribution is 2.33. The summed E-state index contributed by atoms with van der Waals surface area (Å²) in [5.74, 6) is 0. The van der Waals surface area contributed by atoms with Crippen molar-refractivity contribution in [3.63, 3.8) is 0 Å². The molecule has 1 heterocycles. The standard InChI is InChI=1S/C8H13F3N4OS/c1-15(3-5-16-4-2-12)7-14-13-6(17-7)8(9,10)11/h2-5,12H2,1H3. The summed E-state index contributed by atoms with van der Waals surface area (Å²) in [4.78, 5) is 1.56. The Kier molecular flexibility index (Phi) is 5.09. The lowest BCUT2D eigenvalue weighted by Crippen LogP contribution is -2.23. The van der Waals surface area contributed by atoms with E-state index in [1.54, 1.807) is 11.9 Å². The van der Waals surface area contributed by atoms with Gasteiger partial charge in [0, 0.05) is 20.1 Å². The maximum atomic E-state index is 12.3. The molecule has 0 bridgehead atoms. The zero-order valence-electron chi connectivity index (χ0n) is 9.20. The van der Waals surface area contributed by atoms with Crippen molar-refractivity contribution in [3.8, 4) is 0 Å². The SMILES string of the molecule is CN(CCOCCN)c1nnc(C(F)(F)F)s1. The van der Waals surface area contributed by atoms with Gasteiger partial charge in [0.25, 0.3) is 0 Å². The molecule has 0 saturated heterocycles. The van der Waals surface area contributed by atoms with Gasteiger partial charge in [0.2, 0.25) is 10.1 Å². The van der Waals surface area contributed by atoms with Crippen molar-refractivity contribution >= 4 is 16.5 Å². The minimum absolute atomic E-state index is 0.216. The third-order valence-electron chi connectivity index (χ3n) is 1.82. The molecule has 1 aromatic rings. The van der Waals surface area contributed by atoms with Crippen LogP contribution in [0, 0.1) is 0 Å². The first-order valence-corrected chi connectivity index (χ1v) is 5.66. The smallest absolute Gasteiger partial charge is 0.378 e. The lowest BCUT2D eigenvalue weighted by atomic mass is 10.6. The van der Waals surface area contributed by atoms with Gasteiger partial charge in [0.15, 0.2) is 0 Å². The van der Waals surface area contributed by atoms with E-state index >= 15 is 0 Å². The van der Waals surface area contributed by atoms with Crippen molar-refractivity contribution in [3.05, 3.63) is 5.01 Å². The molecule has 0 fully saturated rings. The van der Waals surface area contributed by atoms with E-state index in [9.17, 15) is 13.2 Å². The summed E-state index contributed by atoms with van der Waals surface area (Å²) in [6.45, 7) is 1.67. The van der Waals surface area contributed by atoms with Crippen LogP contribution in [0.2, 0.25) is 0 Å². The molecule has 0 saturated carbocycles. The van der Waals surface area contributed by atoms with E-state index in [0.717, 1.165) is 0 Å². The van der Waals surface area contributed by atoms with E-state index in [2.05, 4.69) is 10.2 Å². The van der Waals surface area contributed by atoms with Crippen molar-refractivity contribution in [2.24, 2.45) is 5.73 Å². The molecule has 9 heteroatoms. The van der Waals surface area contributed by atoms with Gasteiger partial charge in [-0.1, -0.05) is 11.3 Å². The van der Waals surface area contributed by atoms with Crippen LogP contribution in [0.3, 0.4) is 0 Å². The molecule has 0 aliphatic carbocycles. The Balaban J connectivity index is 2.47. The Morgan fingerprint density at radius 3 is 2.59 bits per heavy atom. The van der Waals surface area contributed by atoms with Gasteiger partial charge < -0.3 is 15.4 Å². The number of likely N-dealkylation sites (N-methyl/N-ethyl adjacent to an activating group) is 1. The minimum Gasteiger partial charge on any atom is -0.378 e. The first kappa shape index (κ1) is 14.1. The normalized spacial score (nSPS) is 11.8. The third kappa shape index (κ3) is 4.44. The molecule has 98 valence electrons. The van der Waals surface area contributed by atoms with E-state index < -0.39 is 11.2 Å².